The van der Waals surface area contributed by atoms with E-state index in [-0.39, 0.29) is 0 Å². The normalized spacial score (nSPS) is 25.3. The number of hydrogen-bond donors (Lipinski definition) is 0. The fraction of sp³-hybridized carbons (Fsp3) is 0.600. The smallest absolute Gasteiger partial charge is 0.0406 e. The average Bonchev–Trinajstić information content (AvgIpc) is 2.85. The van der Waals surface area contributed by atoms with Crippen molar-refractivity contribution in [1.29, 1.82) is 0 Å². The molecule has 0 saturated carbocycles. The number of rotatable bonds is 3. The van der Waals surface area contributed by atoms with Crippen LogP contribution >= 0.6 is 11.6 Å². The molecule has 2 nitrogen and oxygen atoms in total. The number of benzene rings is 1. The largest absolute Gasteiger partial charge is 0.300 e. The first kappa shape index (κ1) is 12.5. The van der Waals surface area contributed by atoms with Gasteiger partial charge in [-0.15, -0.1) is 0 Å². The van der Waals surface area contributed by atoms with Crippen LogP contribution in [0, 0.1) is 0 Å². The molecule has 3 heteroatoms. The lowest BCUT2D eigenvalue weighted by molar-refractivity contribution is 0.105. The molecule has 3 rings (SSSR count). The molecule has 1 atom stereocenters. The van der Waals surface area contributed by atoms with E-state index in [0.717, 1.165) is 17.5 Å². The molecule has 0 amide bonds. The fourth-order valence-corrected chi connectivity index (χ4v) is 3.32. The van der Waals surface area contributed by atoms with E-state index >= 15 is 0 Å². The molecule has 2 fully saturated rings. The maximum atomic E-state index is 5.91. The van der Waals surface area contributed by atoms with Gasteiger partial charge in [0, 0.05) is 37.2 Å². The molecular weight excluding hydrogens is 244 g/mol. The number of nitrogens with zero attached hydrogens (tertiary/aromatic N) is 2. The predicted octanol–water partition coefficient (Wildman–Crippen LogP) is 2.66. The minimum absolute atomic E-state index is 0.832. The minimum atomic E-state index is 0.832. The summed E-state index contributed by atoms with van der Waals surface area (Å²) in [7, 11) is 0. The fourth-order valence-electron chi connectivity index (χ4n) is 3.20. The quantitative estimate of drug-likeness (QED) is 0.828. The third-order valence-corrected chi connectivity index (χ3v) is 4.55. The molecule has 0 aliphatic carbocycles. The summed E-state index contributed by atoms with van der Waals surface area (Å²) >= 11 is 5.91. The molecule has 98 valence electrons. The Morgan fingerprint density at radius 1 is 1.11 bits per heavy atom. The Balaban J connectivity index is 1.50. The maximum Gasteiger partial charge on any atom is 0.0406 e. The first-order valence-electron chi connectivity index (χ1n) is 7.02. The molecule has 2 saturated heterocycles. The Morgan fingerprint density at radius 2 is 1.94 bits per heavy atom. The zero-order valence-corrected chi connectivity index (χ0v) is 11.6. The summed E-state index contributed by atoms with van der Waals surface area (Å²) in [5.41, 5.74) is 1.40. The number of piperazine rings is 1. The van der Waals surface area contributed by atoms with Gasteiger partial charge in [0.15, 0.2) is 0 Å². The first-order chi connectivity index (χ1) is 8.81. The van der Waals surface area contributed by atoms with Gasteiger partial charge in [0.05, 0.1) is 0 Å². The summed E-state index contributed by atoms with van der Waals surface area (Å²) in [5, 5.41) is 0.832. The van der Waals surface area contributed by atoms with Crippen molar-refractivity contribution in [2.45, 2.75) is 25.3 Å². The van der Waals surface area contributed by atoms with Crippen LogP contribution in [0.5, 0.6) is 0 Å². The second-order valence-corrected chi connectivity index (χ2v) is 5.95. The molecular formula is C15H21ClN2. The molecule has 0 aromatic heterocycles. The molecule has 0 bridgehead atoms. The van der Waals surface area contributed by atoms with Crippen molar-refractivity contribution in [2.24, 2.45) is 0 Å². The van der Waals surface area contributed by atoms with E-state index in [1.165, 1.54) is 51.1 Å². The van der Waals surface area contributed by atoms with Crippen molar-refractivity contribution >= 4 is 11.6 Å². The lowest BCUT2D eigenvalue weighted by atomic mass is 10.1. The summed E-state index contributed by atoms with van der Waals surface area (Å²) in [6.07, 6.45) is 3.94. The third kappa shape index (κ3) is 2.87. The van der Waals surface area contributed by atoms with Gasteiger partial charge in [0.25, 0.3) is 0 Å². The molecule has 18 heavy (non-hydrogen) atoms. The zero-order valence-electron chi connectivity index (χ0n) is 10.8. The van der Waals surface area contributed by atoms with E-state index in [1.807, 2.05) is 12.1 Å². The highest BCUT2D eigenvalue weighted by Gasteiger charge is 2.29. The van der Waals surface area contributed by atoms with Crippen LogP contribution in [0.25, 0.3) is 0 Å². The molecule has 0 N–H and O–H groups in total. The topological polar surface area (TPSA) is 6.48 Å². The summed E-state index contributed by atoms with van der Waals surface area (Å²) in [5.74, 6) is 0. The summed E-state index contributed by atoms with van der Waals surface area (Å²) < 4.78 is 0. The van der Waals surface area contributed by atoms with E-state index in [9.17, 15) is 0 Å². The molecule has 0 radical (unpaired) electrons. The van der Waals surface area contributed by atoms with Crippen LogP contribution < -0.4 is 0 Å². The minimum Gasteiger partial charge on any atom is -0.300 e. The molecule has 1 aromatic carbocycles. The van der Waals surface area contributed by atoms with Gasteiger partial charge in [-0.05, 0) is 43.5 Å². The average molecular weight is 265 g/mol. The van der Waals surface area contributed by atoms with Crippen LogP contribution in [0.1, 0.15) is 18.4 Å². The first-order valence-corrected chi connectivity index (χ1v) is 7.40. The van der Waals surface area contributed by atoms with Gasteiger partial charge in [-0.1, -0.05) is 23.7 Å². The van der Waals surface area contributed by atoms with E-state index in [4.69, 9.17) is 11.6 Å². The maximum absolute atomic E-state index is 5.91. The highest BCUT2D eigenvalue weighted by molar-refractivity contribution is 6.30. The Hall–Kier alpha value is -0.570. The van der Waals surface area contributed by atoms with Crippen LogP contribution in [0.2, 0.25) is 5.02 Å². The van der Waals surface area contributed by atoms with Crippen LogP contribution in [-0.4, -0.2) is 48.6 Å². The van der Waals surface area contributed by atoms with Gasteiger partial charge in [0.1, 0.15) is 0 Å². The Kier molecular flexibility index (Phi) is 3.88. The molecule has 1 unspecified atom stereocenters. The van der Waals surface area contributed by atoms with Gasteiger partial charge in [-0.2, -0.15) is 0 Å². The Morgan fingerprint density at radius 3 is 2.78 bits per heavy atom. The van der Waals surface area contributed by atoms with Crippen molar-refractivity contribution < 1.29 is 0 Å². The van der Waals surface area contributed by atoms with Crippen molar-refractivity contribution in [3.05, 3.63) is 34.9 Å². The summed E-state index contributed by atoms with van der Waals surface area (Å²) in [6, 6.07) is 9.11. The third-order valence-electron chi connectivity index (χ3n) is 4.30. The molecule has 2 aliphatic heterocycles. The summed E-state index contributed by atoms with van der Waals surface area (Å²) in [6.45, 7) is 6.30. The standard InChI is InChI=1S/C15H21ClN2/c16-14-5-3-13(4-6-14)7-9-17-10-11-18-8-1-2-15(18)12-17/h3-6,15H,1-2,7-12H2. The highest BCUT2D eigenvalue weighted by Crippen LogP contribution is 2.21. The molecule has 2 heterocycles. The Bertz CT molecular complexity index is 390. The lowest BCUT2D eigenvalue weighted by Crippen LogP contribution is -2.50. The van der Waals surface area contributed by atoms with Crippen LogP contribution in [0.3, 0.4) is 0 Å². The van der Waals surface area contributed by atoms with E-state index in [2.05, 4.69) is 21.9 Å². The second-order valence-electron chi connectivity index (χ2n) is 5.51. The summed E-state index contributed by atoms with van der Waals surface area (Å²) in [4.78, 5) is 5.29. The van der Waals surface area contributed by atoms with E-state index in [1.54, 1.807) is 0 Å². The monoisotopic (exact) mass is 264 g/mol. The van der Waals surface area contributed by atoms with Gasteiger partial charge in [-0.3, -0.25) is 4.90 Å². The van der Waals surface area contributed by atoms with Crippen LogP contribution in [-0.2, 0) is 6.42 Å². The van der Waals surface area contributed by atoms with Crippen molar-refractivity contribution in [1.82, 2.24) is 9.80 Å². The zero-order chi connectivity index (χ0) is 12.4. The lowest BCUT2D eigenvalue weighted by Gasteiger charge is -2.37. The second kappa shape index (κ2) is 5.60. The van der Waals surface area contributed by atoms with Gasteiger partial charge >= 0.3 is 0 Å². The number of fused-ring (bicyclic) bond motifs is 1. The van der Waals surface area contributed by atoms with Crippen LogP contribution in [0.4, 0.5) is 0 Å². The predicted molar refractivity (Wildman–Crippen MR) is 76.2 cm³/mol. The molecule has 1 aromatic rings. The SMILES string of the molecule is Clc1ccc(CCN2CCN3CCCC3C2)cc1. The van der Waals surface area contributed by atoms with Crippen molar-refractivity contribution in [2.75, 3.05) is 32.7 Å². The van der Waals surface area contributed by atoms with Crippen molar-refractivity contribution in [3.8, 4) is 0 Å². The number of hydrogen-bond acceptors (Lipinski definition) is 2. The van der Waals surface area contributed by atoms with Gasteiger partial charge in [0.2, 0.25) is 0 Å². The molecule has 2 aliphatic rings. The van der Waals surface area contributed by atoms with Crippen LogP contribution in [0.15, 0.2) is 24.3 Å². The van der Waals surface area contributed by atoms with Gasteiger partial charge < -0.3 is 4.90 Å². The van der Waals surface area contributed by atoms with E-state index < -0.39 is 0 Å². The molecule has 0 spiro atoms. The highest BCUT2D eigenvalue weighted by atomic mass is 35.5. The van der Waals surface area contributed by atoms with Gasteiger partial charge in [-0.25, -0.2) is 0 Å². The number of halogens is 1. The van der Waals surface area contributed by atoms with E-state index in [0.29, 0.717) is 0 Å². The van der Waals surface area contributed by atoms with Crippen molar-refractivity contribution in [3.63, 3.8) is 0 Å². The Labute approximate surface area is 115 Å².